The minimum atomic E-state index is -0.594. The molecule has 1 heterocycles. The van der Waals surface area contributed by atoms with E-state index in [9.17, 15) is 4.79 Å². The number of hydrogen-bond acceptors (Lipinski definition) is 5. The second-order valence-electron chi connectivity index (χ2n) is 6.88. The lowest BCUT2D eigenvalue weighted by atomic mass is 10.1. The second kappa shape index (κ2) is 8.14. The number of ether oxygens (including phenoxy) is 1. The molecule has 0 saturated carbocycles. The van der Waals surface area contributed by atoms with Crippen molar-refractivity contribution in [2.75, 3.05) is 0 Å². The van der Waals surface area contributed by atoms with Gasteiger partial charge in [-0.3, -0.25) is 0 Å². The lowest BCUT2D eigenvalue weighted by Crippen LogP contribution is -2.30. The fourth-order valence-electron chi connectivity index (χ4n) is 2.39. The molecule has 0 radical (unpaired) electrons. The van der Waals surface area contributed by atoms with Crippen molar-refractivity contribution in [1.29, 1.82) is 0 Å². The smallest absolute Gasteiger partial charge is 0.428 e. The van der Waals surface area contributed by atoms with E-state index in [0.29, 0.717) is 5.71 Å². The highest BCUT2D eigenvalue weighted by atomic mass is 32.1. The van der Waals surface area contributed by atoms with Gasteiger partial charge in [-0.25, -0.2) is 10.2 Å². The number of benzene rings is 2. The lowest BCUT2D eigenvalue weighted by molar-refractivity contribution is 0.0529. The summed E-state index contributed by atoms with van der Waals surface area (Å²) in [5.41, 5.74) is 5.34. The van der Waals surface area contributed by atoms with E-state index in [4.69, 9.17) is 4.74 Å². The Labute approximate surface area is 162 Å². The van der Waals surface area contributed by atoms with Crippen LogP contribution in [0.5, 0.6) is 0 Å². The van der Waals surface area contributed by atoms with Crippen LogP contribution in [0.15, 0.2) is 71.8 Å². The Hall–Kier alpha value is -2.99. The largest absolute Gasteiger partial charge is 0.443 e. The highest BCUT2D eigenvalue weighted by molar-refractivity contribution is 7.08. The first-order valence-electron chi connectivity index (χ1n) is 8.57. The van der Waals surface area contributed by atoms with Crippen molar-refractivity contribution in [3.05, 3.63) is 77.2 Å². The SMILES string of the molecule is CC(C)(C)OC(=O)N/N=C(\c1ccccc1)c1cc(-c2ccccc2)ns1. The highest BCUT2D eigenvalue weighted by Crippen LogP contribution is 2.24. The average molecular weight is 379 g/mol. The molecule has 3 aromatic rings. The third-order valence-electron chi connectivity index (χ3n) is 3.52. The maximum atomic E-state index is 12.0. The summed E-state index contributed by atoms with van der Waals surface area (Å²) in [6.45, 7) is 5.43. The lowest BCUT2D eigenvalue weighted by Gasteiger charge is -2.18. The van der Waals surface area contributed by atoms with Gasteiger partial charge in [-0.1, -0.05) is 60.7 Å². The third kappa shape index (κ3) is 5.24. The maximum Gasteiger partial charge on any atom is 0.428 e. The topological polar surface area (TPSA) is 63.6 Å². The summed E-state index contributed by atoms with van der Waals surface area (Å²) >= 11 is 1.34. The van der Waals surface area contributed by atoms with E-state index >= 15 is 0 Å². The van der Waals surface area contributed by atoms with Gasteiger partial charge in [0.1, 0.15) is 11.3 Å². The summed E-state index contributed by atoms with van der Waals surface area (Å²) in [4.78, 5) is 12.9. The van der Waals surface area contributed by atoms with E-state index < -0.39 is 11.7 Å². The zero-order valence-electron chi connectivity index (χ0n) is 15.5. The van der Waals surface area contributed by atoms with E-state index in [2.05, 4.69) is 14.9 Å². The summed E-state index contributed by atoms with van der Waals surface area (Å²) < 4.78 is 9.80. The number of nitrogens with zero attached hydrogens (tertiary/aromatic N) is 2. The van der Waals surface area contributed by atoms with Gasteiger partial charge in [0.25, 0.3) is 0 Å². The van der Waals surface area contributed by atoms with Crippen LogP contribution in [0.25, 0.3) is 11.3 Å². The van der Waals surface area contributed by atoms with Crippen LogP contribution < -0.4 is 5.43 Å². The molecule has 5 nitrogen and oxygen atoms in total. The number of hydrogen-bond donors (Lipinski definition) is 1. The number of rotatable bonds is 4. The number of carbonyl (C=O) groups excluding carboxylic acids is 1. The normalized spacial score (nSPS) is 11.9. The molecule has 1 amide bonds. The minimum Gasteiger partial charge on any atom is -0.443 e. The molecular formula is C21H21N3O2S. The molecule has 0 aliphatic rings. The van der Waals surface area contributed by atoms with Crippen molar-refractivity contribution < 1.29 is 9.53 Å². The Balaban J connectivity index is 1.91. The van der Waals surface area contributed by atoms with Gasteiger partial charge < -0.3 is 4.74 Å². The van der Waals surface area contributed by atoms with E-state index in [0.717, 1.165) is 21.7 Å². The van der Waals surface area contributed by atoms with Crippen molar-refractivity contribution in [3.8, 4) is 11.3 Å². The van der Waals surface area contributed by atoms with Crippen molar-refractivity contribution in [2.24, 2.45) is 5.10 Å². The number of amides is 1. The number of nitrogens with one attached hydrogen (secondary N) is 1. The molecule has 0 bridgehead atoms. The summed E-state index contributed by atoms with van der Waals surface area (Å²) in [6, 6.07) is 21.6. The van der Waals surface area contributed by atoms with Gasteiger partial charge in [0.15, 0.2) is 0 Å². The van der Waals surface area contributed by atoms with E-state index in [-0.39, 0.29) is 0 Å². The molecule has 0 spiro atoms. The Morgan fingerprint density at radius 3 is 2.30 bits per heavy atom. The summed E-state index contributed by atoms with van der Waals surface area (Å²) in [7, 11) is 0. The van der Waals surface area contributed by atoms with Crippen LogP contribution in [-0.4, -0.2) is 21.8 Å². The van der Waals surface area contributed by atoms with Crippen LogP contribution in [0.4, 0.5) is 4.79 Å². The van der Waals surface area contributed by atoms with Crippen LogP contribution in [0, 0.1) is 0 Å². The van der Waals surface area contributed by atoms with Crippen molar-refractivity contribution in [1.82, 2.24) is 9.80 Å². The van der Waals surface area contributed by atoms with E-state index in [1.54, 1.807) is 0 Å². The number of aromatic nitrogens is 1. The summed E-state index contributed by atoms with van der Waals surface area (Å²) in [6.07, 6.45) is -0.594. The maximum absolute atomic E-state index is 12.0. The van der Waals surface area contributed by atoms with Crippen LogP contribution in [0.3, 0.4) is 0 Å². The first kappa shape index (κ1) is 18.8. The monoisotopic (exact) mass is 379 g/mol. The van der Waals surface area contributed by atoms with Crippen molar-refractivity contribution in [2.45, 2.75) is 26.4 Å². The average Bonchev–Trinajstić information content (AvgIpc) is 3.12. The third-order valence-corrected chi connectivity index (χ3v) is 4.31. The highest BCUT2D eigenvalue weighted by Gasteiger charge is 2.17. The van der Waals surface area contributed by atoms with E-state index in [1.807, 2.05) is 87.5 Å². The van der Waals surface area contributed by atoms with Gasteiger partial charge >= 0.3 is 6.09 Å². The second-order valence-corrected chi connectivity index (χ2v) is 7.69. The Bertz CT molecular complexity index is 929. The summed E-state index contributed by atoms with van der Waals surface area (Å²) in [5, 5.41) is 4.32. The zero-order valence-corrected chi connectivity index (χ0v) is 16.3. The standard InChI is InChI=1S/C21H21N3O2S/c1-21(2,3)26-20(25)23-22-19(16-12-8-5-9-13-16)18-14-17(24-27-18)15-10-6-4-7-11-15/h4-14H,1-3H3,(H,23,25)/b22-19+. The molecule has 0 unspecified atom stereocenters. The molecule has 1 N–H and O–H groups in total. The van der Waals surface area contributed by atoms with Crippen LogP contribution >= 0.6 is 11.5 Å². The van der Waals surface area contributed by atoms with Crippen molar-refractivity contribution in [3.63, 3.8) is 0 Å². The molecule has 2 aromatic carbocycles. The zero-order chi connectivity index (χ0) is 19.3. The molecule has 0 aliphatic heterocycles. The molecule has 6 heteroatoms. The molecule has 3 rings (SSSR count). The Morgan fingerprint density at radius 2 is 1.67 bits per heavy atom. The van der Waals surface area contributed by atoms with Gasteiger partial charge in [0, 0.05) is 11.1 Å². The fraction of sp³-hybridized carbons (Fsp3) is 0.190. The molecule has 138 valence electrons. The molecule has 27 heavy (non-hydrogen) atoms. The Kier molecular flexibility index (Phi) is 5.66. The van der Waals surface area contributed by atoms with Crippen LogP contribution in [0.1, 0.15) is 31.2 Å². The molecule has 0 saturated heterocycles. The first-order chi connectivity index (χ1) is 12.9. The molecular weight excluding hydrogens is 358 g/mol. The number of hydrazone groups is 1. The minimum absolute atomic E-state index is 0.586. The van der Waals surface area contributed by atoms with Crippen molar-refractivity contribution >= 4 is 23.3 Å². The molecule has 0 aliphatic carbocycles. The van der Waals surface area contributed by atoms with Gasteiger partial charge in [0.05, 0.1) is 10.6 Å². The molecule has 0 atom stereocenters. The van der Waals surface area contributed by atoms with Gasteiger partial charge in [-0.2, -0.15) is 9.47 Å². The number of carbonyl (C=O) groups is 1. The van der Waals surface area contributed by atoms with Crippen LogP contribution in [0.2, 0.25) is 0 Å². The first-order valence-corrected chi connectivity index (χ1v) is 9.34. The predicted octanol–water partition coefficient (Wildman–Crippen LogP) is 5.09. The van der Waals surface area contributed by atoms with Gasteiger partial charge in [-0.05, 0) is 38.4 Å². The van der Waals surface area contributed by atoms with Crippen LogP contribution in [-0.2, 0) is 4.74 Å². The van der Waals surface area contributed by atoms with E-state index in [1.165, 1.54) is 11.5 Å². The molecule has 0 fully saturated rings. The predicted molar refractivity (Wildman–Crippen MR) is 109 cm³/mol. The Morgan fingerprint density at radius 1 is 1.04 bits per heavy atom. The fourth-order valence-corrected chi connectivity index (χ4v) is 3.16. The molecule has 1 aromatic heterocycles. The van der Waals surface area contributed by atoms with Gasteiger partial charge in [0.2, 0.25) is 0 Å². The quantitative estimate of drug-likeness (QED) is 0.507. The summed E-state index contributed by atoms with van der Waals surface area (Å²) in [5.74, 6) is 0. The van der Waals surface area contributed by atoms with Gasteiger partial charge in [-0.15, -0.1) is 0 Å².